The van der Waals surface area contributed by atoms with Crippen molar-refractivity contribution in [3.63, 3.8) is 0 Å². The second-order valence-corrected chi connectivity index (χ2v) is 9.53. The largest absolute Gasteiger partial charge is 0.494 e. The molecule has 11 heteroatoms. The smallest absolute Gasteiger partial charge is 0.262 e. The van der Waals surface area contributed by atoms with Crippen molar-refractivity contribution in [1.29, 1.82) is 0 Å². The molecule has 0 unspecified atom stereocenters. The van der Waals surface area contributed by atoms with Gasteiger partial charge in [-0.15, -0.1) is 0 Å². The van der Waals surface area contributed by atoms with Crippen LogP contribution in [0.2, 0.25) is 0 Å². The van der Waals surface area contributed by atoms with Crippen LogP contribution in [0.25, 0.3) is 0 Å². The van der Waals surface area contributed by atoms with Crippen molar-refractivity contribution >= 4 is 27.5 Å². The number of nitrogens with one attached hydrogen (secondary N) is 2. The summed E-state index contributed by atoms with van der Waals surface area (Å²) in [5, 5.41) is 10.7. The van der Waals surface area contributed by atoms with Crippen LogP contribution < -0.4 is 30.0 Å². The molecule has 196 valence electrons. The highest BCUT2D eigenvalue weighted by Crippen LogP contribution is 2.28. The third kappa shape index (κ3) is 7.69. The van der Waals surface area contributed by atoms with E-state index in [2.05, 4.69) is 10.6 Å². The molecule has 1 atom stereocenters. The number of nitrogens with two attached hydrogens (primary N) is 1. The molecule has 37 heavy (non-hydrogen) atoms. The molecule has 0 radical (unpaired) electrons. The van der Waals surface area contributed by atoms with Gasteiger partial charge in [0.05, 0.1) is 24.7 Å². The number of hydrogen-bond donors (Lipinski definition) is 3. The van der Waals surface area contributed by atoms with Crippen LogP contribution >= 0.6 is 0 Å². The maximum absolute atomic E-state index is 12.8. The monoisotopic (exact) mass is 527 g/mol. The first-order chi connectivity index (χ1) is 17.6. The van der Waals surface area contributed by atoms with Gasteiger partial charge in [-0.3, -0.25) is 9.59 Å². The maximum atomic E-state index is 12.8. The van der Waals surface area contributed by atoms with Gasteiger partial charge in [0.15, 0.2) is 18.1 Å². The number of anilines is 1. The van der Waals surface area contributed by atoms with Gasteiger partial charge < -0.3 is 24.8 Å². The summed E-state index contributed by atoms with van der Waals surface area (Å²) in [5.41, 5.74) is 1.62. The van der Waals surface area contributed by atoms with Gasteiger partial charge in [0.2, 0.25) is 10.0 Å². The van der Waals surface area contributed by atoms with Crippen LogP contribution in [0.4, 0.5) is 5.69 Å². The number of hydrogen-bond acceptors (Lipinski definition) is 7. The molecule has 2 amide bonds. The molecule has 0 spiro atoms. The number of primary sulfonamides is 1. The second kappa shape index (κ2) is 12.2. The summed E-state index contributed by atoms with van der Waals surface area (Å²) < 4.78 is 39.2. The summed E-state index contributed by atoms with van der Waals surface area (Å²) in [6.45, 7) is 3.95. The summed E-state index contributed by atoms with van der Waals surface area (Å²) in [5.74, 6) is 0.551. The molecule has 0 fully saturated rings. The molecule has 3 aromatic carbocycles. The quantitative estimate of drug-likeness (QED) is 0.347. The van der Waals surface area contributed by atoms with Gasteiger partial charge in [0.25, 0.3) is 11.8 Å². The van der Waals surface area contributed by atoms with Gasteiger partial charge in [0, 0.05) is 11.3 Å². The van der Waals surface area contributed by atoms with E-state index in [1.807, 2.05) is 6.92 Å². The van der Waals surface area contributed by atoms with Crippen molar-refractivity contribution < 1.29 is 32.2 Å². The summed E-state index contributed by atoms with van der Waals surface area (Å²) in [6.07, 6.45) is 0. The maximum Gasteiger partial charge on any atom is 0.262 e. The fourth-order valence-electron chi connectivity index (χ4n) is 3.38. The zero-order chi connectivity index (χ0) is 27.0. The minimum atomic E-state index is -3.80. The minimum absolute atomic E-state index is 0.0109. The van der Waals surface area contributed by atoms with Gasteiger partial charge in [-0.1, -0.05) is 12.1 Å². The first-order valence-corrected chi connectivity index (χ1v) is 12.9. The molecule has 0 aliphatic carbocycles. The van der Waals surface area contributed by atoms with E-state index in [1.165, 1.54) is 25.3 Å². The van der Waals surface area contributed by atoms with Crippen LogP contribution in [0.3, 0.4) is 0 Å². The van der Waals surface area contributed by atoms with Gasteiger partial charge in [-0.2, -0.15) is 0 Å². The molecule has 0 saturated heterocycles. The molecule has 3 rings (SSSR count). The molecule has 0 aliphatic heterocycles. The number of carbonyl (C=O) groups excluding carboxylic acids is 2. The SMILES string of the molecule is CCOc1ccc(NC(=O)COc2ccc(C(=O)N[C@@H](C)c3ccc(S(N)(=O)=O)cc3)cc2OC)cc1. The number of sulfonamides is 1. The Morgan fingerprint density at radius 1 is 0.946 bits per heavy atom. The molecule has 0 heterocycles. The van der Waals surface area contributed by atoms with Crippen LogP contribution in [0.5, 0.6) is 17.2 Å². The van der Waals surface area contributed by atoms with Crippen molar-refractivity contribution in [3.8, 4) is 17.2 Å². The third-order valence-electron chi connectivity index (χ3n) is 5.29. The number of ether oxygens (including phenoxy) is 3. The molecular formula is C26H29N3O7S. The number of methoxy groups -OCH3 is 1. The van der Waals surface area contributed by atoms with Crippen LogP contribution in [0, 0.1) is 0 Å². The number of benzene rings is 3. The predicted octanol–water partition coefficient (Wildman–Crippen LogP) is 3.25. The normalized spacial score (nSPS) is 11.8. The molecule has 0 aliphatic rings. The Hall–Kier alpha value is -4.09. The first kappa shape index (κ1) is 27.5. The van der Waals surface area contributed by atoms with Gasteiger partial charge in [-0.05, 0) is 74.0 Å². The zero-order valence-electron chi connectivity index (χ0n) is 20.7. The number of carbonyl (C=O) groups is 2. The Morgan fingerprint density at radius 3 is 2.22 bits per heavy atom. The lowest BCUT2D eigenvalue weighted by atomic mass is 10.1. The molecular weight excluding hydrogens is 498 g/mol. The molecule has 4 N–H and O–H groups in total. The van der Waals surface area contributed by atoms with Gasteiger partial charge in [0.1, 0.15) is 5.75 Å². The van der Waals surface area contributed by atoms with Gasteiger partial charge in [-0.25, -0.2) is 13.6 Å². The van der Waals surface area contributed by atoms with E-state index in [0.717, 1.165) is 0 Å². The van der Waals surface area contributed by atoms with Crippen LogP contribution in [0.1, 0.15) is 35.8 Å². The van der Waals surface area contributed by atoms with Crippen molar-refractivity contribution in [2.24, 2.45) is 5.14 Å². The van der Waals surface area contributed by atoms with Crippen molar-refractivity contribution in [1.82, 2.24) is 5.32 Å². The summed E-state index contributed by atoms with van der Waals surface area (Å²) >= 11 is 0. The van der Waals surface area contributed by atoms with Crippen molar-refractivity contribution in [3.05, 3.63) is 77.9 Å². The standard InChI is InChI=1S/C26H29N3O7S/c1-4-35-21-10-8-20(9-11-21)29-25(30)16-36-23-14-7-19(15-24(23)34-3)26(31)28-17(2)18-5-12-22(13-6-18)37(27,32)33/h5-15,17H,4,16H2,1-3H3,(H,28,31)(H,29,30)(H2,27,32,33)/t17-/m0/s1. The Morgan fingerprint density at radius 2 is 1.62 bits per heavy atom. The predicted molar refractivity (Wildman–Crippen MR) is 138 cm³/mol. The van der Waals surface area contributed by atoms with E-state index in [4.69, 9.17) is 19.3 Å². The van der Waals surface area contributed by atoms with Crippen LogP contribution in [-0.2, 0) is 14.8 Å². The van der Waals surface area contributed by atoms with Crippen LogP contribution in [-0.4, -0.2) is 40.6 Å². The fourth-order valence-corrected chi connectivity index (χ4v) is 3.89. The fraction of sp³-hybridized carbons (Fsp3) is 0.231. The lowest BCUT2D eigenvalue weighted by molar-refractivity contribution is -0.118. The Labute approximate surface area is 215 Å². The first-order valence-electron chi connectivity index (χ1n) is 11.4. The van der Waals surface area contributed by atoms with E-state index < -0.39 is 16.1 Å². The average molecular weight is 528 g/mol. The van der Waals surface area contributed by atoms with Gasteiger partial charge >= 0.3 is 0 Å². The van der Waals surface area contributed by atoms with E-state index in [0.29, 0.717) is 34.9 Å². The van der Waals surface area contributed by atoms with E-state index in [9.17, 15) is 18.0 Å². The summed E-state index contributed by atoms with van der Waals surface area (Å²) in [4.78, 5) is 25.1. The van der Waals surface area contributed by atoms with Crippen LogP contribution in [0.15, 0.2) is 71.6 Å². The Balaban J connectivity index is 1.59. The molecule has 10 nitrogen and oxygen atoms in total. The minimum Gasteiger partial charge on any atom is -0.494 e. The highest BCUT2D eigenvalue weighted by Gasteiger charge is 2.16. The van der Waals surface area contributed by atoms with E-state index in [1.54, 1.807) is 55.5 Å². The summed E-state index contributed by atoms with van der Waals surface area (Å²) in [7, 11) is -2.37. The molecule has 0 saturated carbocycles. The highest BCUT2D eigenvalue weighted by molar-refractivity contribution is 7.89. The summed E-state index contributed by atoms with van der Waals surface area (Å²) in [6, 6.07) is 17.1. The number of amides is 2. The second-order valence-electron chi connectivity index (χ2n) is 7.97. The highest BCUT2D eigenvalue weighted by atomic mass is 32.2. The Bertz CT molecular complexity index is 1340. The lowest BCUT2D eigenvalue weighted by Gasteiger charge is -2.16. The third-order valence-corrected chi connectivity index (χ3v) is 6.22. The molecule has 3 aromatic rings. The topological polar surface area (TPSA) is 146 Å². The zero-order valence-corrected chi connectivity index (χ0v) is 21.5. The average Bonchev–Trinajstić information content (AvgIpc) is 2.88. The van der Waals surface area contributed by atoms with Crippen molar-refractivity contribution in [2.45, 2.75) is 24.8 Å². The Kier molecular flexibility index (Phi) is 9.10. The molecule has 0 aromatic heterocycles. The molecule has 0 bridgehead atoms. The van der Waals surface area contributed by atoms with E-state index >= 15 is 0 Å². The number of rotatable bonds is 11. The van der Waals surface area contributed by atoms with E-state index in [-0.39, 0.29) is 29.1 Å². The lowest BCUT2D eigenvalue weighted by Crippen LogP contribution is -2.26. The van der Waals surface area contributed by atoms with Crippen molar-refractivity contribution in [2.75, 3.05) is 25.6 Å².